The molecule has 0 saturated carbocycles. The van der Waals surface area contributed by atoms with Crippen LogP contribution in [0.1, 0.15) is 18.3 Å². The molecule has 3 heteroatoms. The lowest BCUT2D eigenvalue weighted by atomic mass is 10.1. The summed E-state index contributed by atoms with van der Waals surface area (Å²) in [5.41, 5.74) is 2.27. The molecule has 0 saturated heterocycles. The predicted molar refractivity (Wildman–Crippen MR) is 73.3 cm³/mol. The zero-order valence-electron chi connectivity index (χ0n) is 10.7. The molecule has 0 aromatic carbocycles. The normalized spacial score (nSPS) is 12.3. The highest BCUT2D eigenvalue weighted by Gasteiger charge is 2.03. The van der Waals surface area contributed by atoms with Crippen LogP contribution in [-0.2, 0) is 12.8 Å². The average Bonchev–Trinajstić information content (AvgIpc) is 2.41. The van der Waals surface area contributed by atoms with Crippen LogP contribution >= 0.6 is 0 Å². The standard InChI is InChI=1S/C15H19N3/c1-13(12-15-7-3-5-10-18-15)16-11-8-14-6-2-4-9-17-14/h2-7,9-10,13,16H,8,11-12H2,1H3. The van der Waals surface area contributed by atoms with Gasteiger partial charge in [0, 0.05) is 49.2 Å². The molecule has 2 heterocycles. The van der Waals surface area contributed by atoms with Gasteiger partial charge in [-0.15, -0.1) is 0 Å². The summed E-state index contributed by atoms with van der Waals surface area (Å²) in [4.78, 5) is 8.64. The molecule has 0 aliphatic heterocycles. The van der Waals surface area contributed by atoms with E-state index in [0.29, 0.717) is 6.04 Å². The van der Waals surface area contributed by atoms with Crippen LogP contribution in [0.15, 0.2) is 48.8 Å². The lowest BCUT2D eigenvalue weighted by molar-refractivity contribution is 0.541. The number of hydrogen-bond donors (Lipinski definition) is 1. The Balaban J connectivity index is 1.71. The molecule has 1 N–H and O–H groups in total. The van der Waals surface area contributed by atoms with Gasteiger partial charge >= 0.3 is 0 Å². The minimum atomic E-state index is 0.434. The van der Waals surface area contributed by atoms with E-state index in [0.717, 1.165) is 30.8 Å². The van der Waals surface area contributed by atoms with Gasteiger partial charge in [0.05, 0.1) is 0 Å². The highest BCUT2D eigenvalue weighted by Crippen LogP contribution is 1.99. The van der Waals surface area contributed by atoms with Crippen molar-refractivity contribution in [3.05, 3.63) is 60.2 Å². The van der Waals surface area contributed by atoms with E-state index in [1.165, 1.54) is 0 Å². The van der Waals surface area contributed by atoms with Crippen molar-refractivity contribution in [2.45, 2.75) is 25.8 Å². The number of aromatic nitrogens is 2. The number of rotatable bonds is 6. The third kappa shape index (κ3) is 4.26. The van der Waals surface area contributed by atoms with E-state index in [1.807, 2.05) is 36.7 Å². The number of hydrogen-bond acceptors (Lipinski definition) is 3. The largest absolute Gasteiger partial charge is 0.313 e. The Kier molecular flexibility index (Phi) is 4.85. The molecule has 0 spiro atoms. The van der Waals surface area contributed by atoms with Crippen LogP contribution in [0.5, 0.6) is 0 Å². The number of nitrogens with one attached hydrogen (secondary N) is 1. The molecule has 0 aliphatic rings. The summed E-state index contributed by atoms with van der Waals surface area (Å²) >= 11 is 0. The lowest BCUT2D eigenvalue weighted by Crippen LogP contribution is -2.30. The van der Waals surface area contributed by atoms with Crippen LogP contribution in [0.4, 0.5) is 0 Å². The van der Waals surface area contributed by atoms with Crippen molar-refractivity contribution in [3.8, 4) is 0 Å². The van der Waals surface area contributed by atoms with E-state index in [1.54, 1.807) is 0 Å². The molecule has 2 aromatic rings. The second-order valence-corrected chi connectivity index (χ2v) is 4.45. The lowest BCUT2D eigenvalue weighted by Gasteiger charge is -2.12. The molecule has 0 aliphatic carbocycles. The molecular formula is C15H19N3. The first kappa shape index (κ1) is 12.7. The molecule has 2 rings (SSSR count). The highest BCUT2D eigenvalue weighted by molar-refractivity contribution is 5.05. The van der Waals surface area contributed by atoms with Crippen molar-refractivity contribution in [1.82, 2.24) is 15.3 Å². The van der Waals surface area contributed by atoms with Crippen LogP contribution in [0.25, 0.3) is 0 Å². The Labute approximate surface area is 108 Å². The molecule has 3 nitrogen and oxygen atoms in total. The van der Waals surface area contributed by atoms with Crippen molar-refractivity contribution in [2.75, 3.05) is 6.54 Å². The SMILES string of the molecule is CC(Cc1ccccn1)NCCc1ccccn1. The summed E-state index contributed by atoms with van der Waals surface area (Å²) < 4.78 is 0. The fourth-order valence-electron chi connectivity index (χ4n) is 1.90. The maximum atomic E-state index is 4.33. The molecule has 0 amide bonds. The van der Waals surface area contributed by atoms with Crippen molar-refractivity contribution in [2.24, 2.45) is 0 Å². The van der Waals surface area contributed by atoms with Gasteiger partial charge in [-0.3, -0.25) is 9.97 Å². The van der Waals surface area contributed by atoms with E-state index in [4.69, 9.17) is 0 Å². The summed E-state index contributed by atoms with van der Waals surface area (Å²) in [6, 6.07) is 12.5. The molecule has 0 radical (unpaired) electrons. The van der Waals surface area contributed by atoms with Gasteiger partial charge < -0.3 is 5.32 Å². The maximum Gasteiger partial charge on any atom is 0.0419 e. The van der Waals surface area contributed by atoms with E-state index in [2.05, 4.69) is 34.3 Å². The van der Waals surface area contributed by atoms with Gasteiger partial charge in [0.1, 0.15) is 0 Å². The summed E-state index contributed by atoms with van der Waals surface area (Å²) in [7, 11) is 0. The smallest absolute Gasteiger partial charge is 0.0419 e. The van der Waals surface area contributed by atoms with E-state index in [9.17, 15) is 0 Å². The minimum Gasteiger partial charge on any atom is -0.313 e. The van der Waals surface area contributed by atoms with Gasteiger partial charge in [-0.2, -0.15) is 0 Å². The topological polar surface area (TPSA) is 37.8 Å². The van der Waals surface area contributed by atoms with Gasteiger partial charge in [-0.05, 0) is 31.2 Å². The molecule has 0 bridgehead atoms. The van der Waals surface area contributed by atoms with Crippen LogP contribution in [0, 0.1) is 0 Å². The van der Waals surface area contributed by atoms with E-state index in [-0.39, 0.29) is 0 Å². The van der Waals surface area contributed by atoms with Crippen LogP contribution in [0.3, 0.4) is 0 Å². The summed E-state index contributed by atoms with van der Waals surface area (Å²) in [6.45, 7) is 3.14. The molecule has 2 aromatic heterocycles. The van der Waals surface area contributed by atoms with Crippen LogP contribution < -0.4 is 5.32 Å². The molecule has 0 fully saturated rings. The van der Waals surface area contributed by atoms with Gasteiger partial charge in [0.15, 0.2) is 0 Å². The quantitative estimate of drug-likeness (QED) is 0.843. The van der Waals surface area contributed by atoms with E-state index >= 15 is 0 Å². The fourth-order valence-corrected chi connectivity index (χ4v) is 1.90. The first-order chi connectivity index (χ1) is 8.84. The zero-order chi connectivity index (χ0) is 12.6. The molecule has 1 unspecified atom stereocenters. The van der Waals surface area contributed by atoms with Crippen molar-refractivity contribution in [1.29, 1.82) is 0 Å². The Morgan fingerprint density at radius 2 is 1.67 bits per heavy atom. The van der Waals surface area contributed by atoms with Crippen molar-refractivity contribution in [3.63, 3.8) is 0 Å². The Hall–Kier alpha value is -1.74. The summed E-state index contributed by atoms with van der Waals surface area (Å²) in [5, 5.41) is 3.50. The monoisotopic (exact) mass is 241 g/mol. The molecule has 94 valence electrons. The molecule has 18 heavy (non-hydrogen) atoms. The van der Waals surface area contributed by atoms with Gasteiger partial charge in [-0.1, -0.05) is 12.1 Å². The maximum absolute atomic E-state index is 4.33. The van der Waals surface area contributed by atoms with Gasteiger partial charge in [-0.25, -0.2) is 0 Å². The average molecular weight is 241 g/mol. The first-order valence-electron chi connectivity index (χ1n) is 6.38. The van der Waals surface area contributed by atoms with Crippen molar-refractivity contribution < 1.29 is 0 Å². The predicted octanol–water partition coefficient (Wildman–Crippen LogP) is 2.24. The van der Waals surface area contributed by atoms with Gasteiger partial charge in [0.25, 0.3) is 0 Å². The second kappa shape index (κ2) is 6.87. The minimum absolute atomic E-state index is 0.434. The van der Waals surface area contributed by atoms with Crippen molar-refractivity contribution >= 4 is 0 Å². The third-order valence-electron chi connectivity index (χ3n) is 2.84. The second-order valence-electron chi connectivity index (χ2n) is 4.45. The van der Waals surface area contributed by atoms with Gasteiger partial charge in [0.2, 0.25) is 0 Å². The first-order valence-corrected chi connectivity index (χ1v) is 6.38. The van der Waals surface area contributed by atoms with Crippen LogP contribution in [-0.4, -0.2) is 22.6 Å². The summed E-state index contributed by atoms with van der Waals surface area (Å²) in [5.74, 6) is 0. The Morgan fingerprint density at radius 3 is 2.28 bits per heavy atom. The third-order valence-corrected chi connectivity index (χ3v) is 2.84. The summed E-state index contributed by atoms with van der Waals surface area (Å²) in [6.07, 6.45) is 5.61. The Bertz CT molecular complexity index is 442. The molecule has 1 atom stereocenters. The zero-order valence-corrected chi connectivity index (χ0v) is 10.7. The van der Waals surface area contributed by atoms with Crippen LogP contribution in [0.2, 0.25) is 0 Å². The highest BCUT2D eigenvalue weighted by atomic mass is 14.9. The van der Waals surface area contributed by atoms with E-state index < -0.39 is 0 Å². The number of pyridine rings is 2. The number of nitrogens with zero attached hydrogens (tertiary/aromatic N) is 2. The molecular weight excluding hydrogens is 222 g/mol. The fraction of sp³-hybridized carbons (Fsp3) is 0.333. The Morgan fingerprint density at radius 1 is 1.00 bits per heavy atom.